The number of anilines is 1. The zero-order valence-corrected chi connectivity index (χ0v) is 6.69. The molecule has 0 aliphatic rings. The van der Waals surface area contributed by atoms with Crippen molar-refractivity contribution in [2.45, 2.75) is 12.4 Å². The molecule has 0 saturated carbocycles. The average Bonchev–Trinajstić information content (AvgIpc) is 2.00. The van der Waals surface area contributed by atoms with Crippen molar-refractivity contribution in [3.05, 3.63) is 11.4 Å². The first-order valence-electron chi connectivity index (χ1n) is 3.27. The molecule has 0 bridgehead atoms. The van der Waals surface area contributed by atoms with E-state index in [9.17, 15) is 26.3 Å². The van der Waals surface area contributed by atoms with Crippen molar-refractivity contribution in [2.75, 3.05) is 5.73 Å². The molecule has 1 rings (SSSR count). The predicted molar refractivity (Wildman–Crippen MR) is 34.2 cm³/mol. The number of aromatic nitrogens is 3. The summed E-state index contributed by atoms with van der Waals surface area (Å²) in [4.78, 5) is 2.47. The van der Waals surface area contributed by atoms with Crippen LogP contribution in [0.4, 0.5) is 32.3 Å². The van der Waals surface area contributed by atoms with Gasteiger partial charge in [-0.25, -0.2) is 4.98 Å². The second kappa shape index (κ2) is 3.21. The largest absolute Gasteiger partial charge is 0.437 e. The number of alkyl halides is 6. The van der Waals surface area contributed by atoms with Crippen LogP contribution in [0.15, 0.2) is 0 Å². The van der Waals surface area contributed by atoms with Crippen LogP contribution in [0.1, 0.15) is 11.4 Å². The highest BCUT2D eigenvalue weighted by atomic mass is 19.4. The van der Waals surface area contributed by atoms with E-state index in [0.717, 1.165) is 0 Å². The van der Waals surface area contributed by atoms with E-state index in [1.165, 1.54) is 0 Å². The summed E-state index contributed by atoms with van der Waals surface area (Å²) in [6.45, 7) is 0. The van der Waals surface area contributed by atoms with Crippen LogP contribution in [0.2, 0.25) is 0 Å². The number of nitrogens with zero attached hydrogens (tertiary/aromatic N) is 3. The van der Waals surface area contributed by atoms with Crippen molar-refractivity contribution < 1.29 is 26.3 Å². The van der Waals surface area contributed by atoms with E-state index in [2.05, 4.69) is 15.2 Å². The Kier molecular flexibility index (Phi) is 2.45. The zero-order valence-electron chi connectivity index (χ0n) is 6.69. The van der Waals surface area contributed by atoms with Gasteiger partial charge in [0, 0.05) is 0 Å². The quantitative estimate of drug-likeness (QED) is 0.688. The average molecular weight is 232 g/mol. The smallest absolute Gasteiger partial charge is 0.366 e. The molecule has 0 fully saturated rings. The molecule has 2 N–H and O–H groups in total. The molecule has 4 nitrogen and oxygen atoms in total. The van der Waals surface area contributed by atoms with Crippen LogP contribution in [0.5, 0.6) is 0 Å². The second-order valence-corrected chi connectivity index (χ2v) is 2.36. The topological polar surface area (TPSA) is 64.7 Å². The van der Waals surface area contributed by atoms with Crippen LogP contribution in [0.3, 0.4) is 0 Å². The van der Waals surface area contributed by atoms with Gasteiger partial charge >= 0.3 is 12.4 Å². The summed E-state index contributed by atoms with van der Waals surface area (Å²) in [7, 11) is 0. The van der Waals surface area contributed by atoms with E-state index in [4.69, 9.17) is 5.73 Å². The molecule has 0 unspecified atom stereocenters. The van der Waals surface area contributed by atoms with Crippen LogP contribution in [-0.2, 0) is 12.4 Å². The summed E-state index contributed by atoms with van der Waals surface area (Å²) in [6, 6.07) is 0. The van der Waals surface area contributed by atoms with Crippen molar-refractivity contribution in [1.82, 2.24) is 15.2 Å². The first-order valence-corrected chi connectivity index (χ1v) is 3.27. The van der Waals surface area contributed by atoms with Crippen LogP contribution in [0, 0.1) is 0 Å². The van der Waals surface area contributed by atoms with E-state index in [1.807, 2.05) is 0 Å². The van der Waals surface area contributed by atoms with E-state index < -0.39 is 29.7 Å². The molecule has 0 atom stereocenters. The van der Waals surface area contributed by atoms with Crippen LogP contribution in [0.25, 0.3) is 0 Å². The Morgan fingerprint density at radius 2 is 1.27 bits per heavy atom. The highest BCUT2D eigenvalue weighted by molar-refractivity contribution is 5.23. The number of hydrogen-bond acceptors (Lipinski definition) is 4. The summed E-state index contributed by atoms with van der Waals surface area (Å²) in [5.74, 6) is -0.977. The number of nitrogens with two attached hydrogens (primary N) is 1. The lowest BCUT2D eigenvalue weighted by atomic mass is 10.3. The predicted octanol–water partition coefficient (Wildman–Crippen LogP) is 1.49. The molecule has 0 saturated heterocycles. The number of halogens is 6. The van der Waals surface area contributed by atoms with Gasteiger partial charge in [-0.3, -0.25) is 0 Å². The summed E-state index contributed by atoms with van der Waals surface area (Å²) >= 11 is 0. The van der Waals surface area contributed by atoms with Gasteiger partial charge in [0.05, 0.1) is 0 Å². The molecule has 0 aliphatic carbocycles. The second-order valence-electron chi connectivity index (χ2n) is 2.36. The Bertz CT molecular complexity index is 369. The molecule has 0 radical (unpaired) electrons. The summed E-state index contributed by atoms with van der Waals surface area (Å²) < 4.78 is 72.3. The van der Waals surface area contributed by atoms with E-state index in [0.29, 0.717) is 0 Å². The Morgan fingerprint density at radius 1 is 0.800 bits per heavy atom. The van der Waals surface area contributed by atoms with Crippen LogP contribution in [-0.4, -0.2) is 15.2 Å². The lowest BCUT2D eigenvalue weighted by Gasteiger charge is -2.12. The Hall–Kier alpha value is -1.61. The van der Waals surface area contributed by atoms with Crippen LogP contribution >= 0.6 is 0 Å². The van der Waals surface area contributed by atoms with Gasteiger partial charge in [0.15, 0.2) is 11.4 Å². The standard InChI is InChI=1S/C5H2F6N4/c6-4(7,8)1-2(5(9,10)11)14-15-3(12)13-1/h(H2,12,13,15). The third-order valence-corrected chi connectivity index (χ3v) is 1.24. The molecule has 0 spiro atoms. The minimum absolute atomic E-state index is 0.977. The maximum Gasteiger partial charge on any atom is 0.437 e. The minimum Gasteiger partial charge on any atom is -0.366 e. The fraction of sp³-hybridized carbons (Fsp3) is 0.400. The first-order chi connectivity index (χ1) is 6.62. The van der Waals surface area contributed by atoms with Crippen molar-refractivity contribution in [1.29, 1.82) is 0 Å². The number of hydrogen-bond donors (Lipinski definition) is 1. The molecule has 15 heavy (non-hydrogen) atoms. The van der Waals surface area contributed by atoms with Gasteiger partial charge < -0.3 is 5.73 Å². The highest BCUT2D eigenvalue weighted by Crippen LogP contribution is 2.37. The van der Waals surface area contributed by atoms with Gasteiger partial charge in [0.25, 0.3) is 0 Å². The maximum atomic E-state index is 12.1. The number of nitrogen functional groups attached to an aromatic ring is 1. The fourth-order valence-corrected chi connectivity index (χ4v) is 0.727. The Labute approximate surface area is 78.1 Å². The molecule has 0 amide bonds. The first kappa shape index (κ1) is 11.5. The lowest BCUT2D eigenvalue weighted by Crippen LogP contribution is -2.22. The summed E-state index contributed by atoms with van der Waals surface area (Å²) in [6.07, 6.45) is -10.6. The molecule has 1 heterocycles. The van der Waals surface area contributed by atoms with Crippen molar-refractivity contribution in [3.8, 4) is 0 Å². The Balaban J connectivity index is 3.41. The molecular weight excluding hydrogens is 230 g/mol. The van der Waals surface area contributed by atoms with Crippen molar-refractivity contribution >= 4 is 5.95 Å². The fourth-order valence-electron chi connectivity index (χ4n) is 0.727. The van der Waals surface area contributed by atoms with Gasteiger partial charge in [-0.2, -0.15) is 26.3 Å². The van der Waals surface area contributed by atoms with Crippen LogP contribution < -0.4 is 5.73 Å². The monoisotopic (exact) mass is 232 g/mol. The van der Waals surface area contributed by atoms with Gasteiger partial charge in [0.1, 0.15) is 0 Å². The molecular formula is C5H2F6N4. The van der Waals surface area contributed by atoms with E-state index >= 15 is 0 Å². The lowest BCUT2D eigenvalue weighted by molar-refractivity contribution is -0.168. The van der Waals surface area contributed by atoms with Crippen molar-refractivity contribution in [3.63, 3.8) is 0 Å². The third kappa shape index (κ3) is 2.44. The van der Waals surface area contributed by atoms with Crippen molar-refractivity contribution in [2.24, 2.45) is 0 Å². The molecule has 10 heteroatoms. The van der Waals surface area contributed by atoms with E-state index in [-0.39, 0.29) is 0 Å². The molecule has 1 aromatic rings. The SMILES string of the molecule is Nc1nnc(C(F)(F)F)c(C(F)(F)F)n1. The van der Waals surface area contributed by atoms with Gasteiger partial charge in [-0.1, -0.05) is 0 Å². The zero-order chi connectivity index (χ0) is 11.9. The Morgan fingerprint density at radius 3 is 1.67 bits per heavy atom. The summed E-state index contributed by atoms with van der Waals surface area (Å²) in [5, 5.41) is 4.95. The van der Waals surface area contributed by atoms with Gasteiger partial charge in [-0.05, 0) is 0 Å². The summed E-state index contributed by atoms with van der Waals surface area (Å²) in [5.41, 5.74) is 0.319. The van der Waals surface area contributed by atoms with E-state index in [1.54, 1.807) is 0 Å². The van der Waals surface area contributed by atoms with Gasteiger partial charge in [-0.15, -0.1) is 10.2 Å². The molecule has 0 aliphatic heterocycles. The van der Waals surface area contributed by atoms with Gasteiger partial charge in [0.2, 0.25) is 5.95 Å². The highest BCUT2D eigenvalue weighted by Gasteiger charge is 2.47. The maximum absolute atomic E-state index is 12.1. The molecule has 0 aromatic carbocycles. The third-order valence-electron chi connectivity index (χ3n) is 1.24. The minimum atomic E-state index is -5.28. The molecule has 84 valence electrons. The normalized spacial score (nSPS) is 12.9. The number of rotatable bonds is 0. The molecule has 1 aromatic heterocycles.